The summed E-state index contributed by atoms with van der Waals surface area (Å²) in [6.07, 6.45) is 3.58. The molecule has 2 heterocycles. The summed E-state index contributed by atoms with van der Waals surface area (Å²) in [4.78, 5) is 15.4. The van der Waals surface area contributed by atoms with Gasteiger partial charge in [-0.1, -0.05) is 18.2 Å². The van der Waals surface area contributed by atoms with E-state index in [1.54, 1.807) is 0 Å². The summed E-state index contributed by atoms with van der Waals surface area (Å²) in [5, 5.41) is 25.2. The van der Waals surface area contributed by atoms with Crippen molar-refractivity contribution in [2.75, 3.05) is 35.3 Å². The van der Waals surface area contributed by atoms with Crippen molar-refractivity contribution in [3.8, 4) is 0 Å². The minimum absolute atomic E-state index is 0.264. The number of benzene rings is 1. The Balaban J connectivity index is 1.82. The molecule has 2 aromatic rings. The van der Waals surface area contributed by atoms with Crippen molar-refractivity contribution in [1.29, 1.82) is 0 Å². The quantitative estimate of drug-likeness (QED) is 0.433. The number of rotatable bonds is 7. The van der Waals surface area contributed by atoms with Gasteiger partial charge in [-0.05, 0) is 31.4 Å². The zero-order valence-electron chi connectivity index (χ0n) is 14.4. The molecule has 3 rings (SSSR count). The Hall–Kier alpha value is -2.78. The lowest BCUT2D eigenvalue weighted by Gasteiger charge is -2.26. The molecule has 1 atom stereocenters. The van der Waals surface area contributed by atoms with Crippen molar-refractivity contribution in [2.24, 2.45) is 5.10 Å². The van der Waals surface area contributed by atoms with E-state index >= 15 is 0 Å². The van der Waals surface area contributed by atoms with Gasteiger partial charge >= 0.3 is 0 Å². The van der Waals surface area contributed by atoms with E-state index in [4.69, 9.17) is 5.11 Å². The molecular formula is C17H23N7O2. The van der Waals surface area contributed by atoms with E-state index in [1.165, 1.54) is 12.6 Å². The molecule has 1 aromatic carbocycles. The summed E-state index contributed by atoms with van der Waals surface area (Å²) in [5.41, 5.74) is 3.55. The summed E-state index contributed by atoms with van der Waals surface area (Å²) >= 11 is 0. The van der Waals surface area contributed by atoms with Gasteiger partial charge in [0, 0.05) is 18.8 Å². The van der Waals surface area contributed by atoms with Crippen molar-refractivity contribution in [1.82, 2.24) is 15.0 Å². The van der Waals surface area contributed by atoms with Crippen molar-refractivity contribution in [3.05, 3.63) is 30.3 Å². The maximum atomic E-state index is 9.33. The molecule has 9 heteroatoms. The first kappa shape index (κ1) is 18.0. The molecule has 1 fully saturated rings. The fourth-order valence-corrected chi connectivity index (χ4v) is 2.58. The minimum Gasteiger partial charge on any atom is -0.393 e. The average Bonchev–Trinajstić information content (AvgIpc) is 2.69. The summed E-state index contributed by atoms with van der Waals surface area (Å²) in [6.45, 7) is 1.41. The third-order valence-corrected chi connectivity index (χ3v) is 3.89. The van der Waals surface area contributed by atoms with E-state index in [1.807, 2.05) is 30.3 Å². The molecule has 0 bridgehead atoms. The van der Waals surface area contributed by atoms with Crippen molar-refractivity contribution in [2.45, 2.75) is 25.4 Å². The second kappa shape index (κ2) is 9.07. The number of piperidine rings is 1. The SMILES string of the molecule is OCC(O)C=NNc1nc(Nc2ccccc2)nc(N2CCCCC2)n1. The summed E-state index contributed by atoms with van der Waals surface area (Å²) in [7, 11) is 0. The predicted octanol–water partition coefficient (Wildman–Crippen LogP) is 1.36. The second-order valence-corrected chi connectivity index (χ2v) is 5.96. The molecule has 9 nitrogen and oxygen atoms in total. The fourth-order valence-electron chi connectivity index (χ4n) is 2.58. The molecular weight excluding hydrogens is 334 g/mol. The molecule has 1 aromatic heterocycles. The van der Waals surface area contributed by atoms with Gasteiger partial charge in [-0.2, -0.15) is 20.1 Å². The maximum Gasteiger partial charge on any atom is 0.250 e. The second-order valence-electron chi connectivity index (χ2n) is 5.96. The standard InChI is InChI=1S/C17H23N7O2/c25-12-14(26)11-18-23-16-20-15(19-13-7-3-1-4-8-13)21-17(22-16)24-9-5-2-6-10-24/h1,3-4,7-8,11,14,25-26H,2,5-6,9-10,12H2,(H2,19,20,21,22,23). The van der Waals surface area contributed by atoms with E-state index in [0.29, 0.717) is 11.9 Å². The lowest BCUT2D eigenvalue weighted by molar-refractivity contribution is 0.148. The highest BCUT2D eigenvalue weighted by atomic mass is 16.3. The lowest BCUT2D eigenvalue weighted by Crippen LogP contribution is -2.31. The molecule has 0 aliphatic carbocycles. The molecule has 138 valence electrons. The number of para-hydroxylation sites is 1. The van der Waals surface area contributed by atoms with E-state index in [2.05, 4.69) is 35.7 Å². The molecule has 26 heavy (non-hydrogen) atoms. The van der Waals surface area contributed by atoms with E-state index in [0.717, 1.165) is 31.6 Å². The Bertz CT molecular complexity index is 720. The number of hydrazone groups is 1. The van der Waals surface area contributed by atoms with Gasteiger partial charge < -0.3 is 20.4 Å². The molecule has 1 saturated heterocycles. The van der Waals surface area contributed by atoms with Gasteiger partial charge in [0.15, 0.2) is 0 Å². The van der Waals surface area contributed by atoms with Crippen LogP contribution in [-0.4, -0.2) is 57.2 Å². The van der Waals surface area contributed by atoms with Gasteiger partial charge in [0.2, 0.25) is 17.8 Å². The van der Waals surface area contributed by atoms with Crippen LogP contribution >= 0.6 is 0 Å². The van der Waals surface area contributed by atoms with Crippen molar-refractivity contribution >= 4 is 29.7 Å². The lowest BCUT2D eigenvalue weighted by atomic mass is 10.1. The first-order valence-electron chi connectivity index (χ1n) is 8.66. The number of anilines is 4. The average molecular weight is 357 g/mol. The summed E-state index contributed by atoms with van der Waals surface area (Å²) in [6, 6.07) is 9.63. The fraction of sp³-hybridized carbons (Fsp3) is 0.412. The topological polar surface area (TPSA) is 119 Å². The summed E-state index contributed by atoms with van der Waals surface area (Å²) < 4.78 is 0. The number of hydrogen-bond donors (Lipinski definition) is 4. The van der Waals surface area contributed by atoms with Gasteiger partial charge in [0.25, 0.3) is 0 Å². The Labute approximate surface area is 151 Å². The van der Waals surface area contributed by atoms with Gasteiger partial charge in [0.05, 0.1) is 12.8 Å². The third-order valence-electron chi connectivity index (χ3n) is 3.89. The van der Waals surface area contributed by atoms with E-state index in [-0.39, 0.29) is 5.95 Å². The number of nitrogens with one attached hydrogen (secondary N) is 2. The number of hydrogen-bond acceptors (Lipinski definition) is 9. The first-order chi connectivity index (χ1) is 12.7. The van der Waals surface area contributed by atoms with Crippen LogP contribution in [0.4, 0.5) is 23.5 Å². The smallest absolute Gasteiger partial charge is 0.250 e. The Kier molecular flexibility index (Phi) is 6.29. The monoisotopic (exact) mass is 357 g/mol. The Morgan fingerprint density at radius 1 is 1.08 bits per heavy atom. The van der Waals surface area contributed by atoms with Crippen LogP contribution < -0.4 is 15.6 Å². The third kappa shape index (κ3) is 5.11. The van der Waals surface area contributed by atoms with Crippen LogP contribution in [0.2, 0.25) is 0 Å². The zero-order chi connectivity index (χ0) is 18.2. The highest BCUT2D eigenvalue weighted by Gasteiger charge is 2.16. The first-order valence-corrected chi connectivity index (χ1v) is 8.66. The highest BCUT2D eigenvalue weighted by Crippen LogP contribution is 2.20. The van der Waals surface area contributed by atoms with E-state index < -0.39 is 12.7 Å². The van der Waals surface area contributed by atoms with Crippen molar-refractivity contribution < 1.29 is 10.2 Å². The van der Waals surface area contributed by atoms with Crippen LogP contribution in [0.1, 0.15) is 19.3 Å². The number of aliphatic hydroxyl groups excluding tert-OH is 2. The molecule has 0 saturated carbocycles. The molecule has 1 aliphatic rings. The van der Waals surface area contributed by atoms with Gasteiger partial charge in [0.1, 0.15) is 6.10 Å². The van der Waals surface area contributed by atoms with Crippen LogP contribution in [0.15, 0.2) is 35.4 Å². The van der Waals surface area contributed by atoms with Gasteiger partial charge in [-0.15, -0.1) is 0 Å². The van der Waals surface area contributed by atoms with Crippen LogP contribution in [0.5, 0.6) is 0 Å². The highest BCUT2D eigenvalue weighted by molar-refractivity contribution is 5.64. The van der Waals surface area contributed by atoms with Crippen LogP contribution in [-0.2, 0) is 0 Å². The normalized spacial score (nSPS) is 15.8. The summed E-state index contributed by atoms with van der Waals surface area (Å²) in [5.74, 6) is 1.26. The van der Waals surface area contributed by atoms with Crippen molar-refractivity contribution in [3.63, 3.8) is 0 Å². The van der Waals surface area contributed by atoms with Gasteiger partial charge in [-0.25, -0.2) is 5.43 Å². The molecule has 1 aliphatic heterocycles. The molecule has 0 spiro atoms. The largest absolute Gasteiger partial charge is 0.393 e. The van der Waals surface area contributed by atoms with Crippen LogP contribution in [0.25, 0.3) is 0 Å². The Morgan fingerprint density at radius 2 is 1.81 bits per heavy atom. The van der Waals surface area contributed by atoms with Gasteiger partial charge in [-0.3, -0.25) is 0 Å². The van der Waals surface area contributed by atoms with Crippen LogP contribution in [0, 0.1) is 0 Å². The number of nitrogens with zero attached hydrogens (tertiary/aromatic N) is 5. The molecule has 1 unspecified atom stereocenters. The zero-order valence-corrected chi connectivity index (χ0v) is 14.4. The van der Waals surface area contributed by atoms with E-state index in [9.17, 15) is 5.11 Å². The number of aromatic nitrogens is 3. The maximum absolute atomic E-state index is 9.33. The minimum atomic E-state index is -1.03. The molecule has 4 N–H and O–H groups in total. The predicted molar refractivity (Wildman–Crippen MR) is 101 cm³/mol. The number of aliphatic hydroxyl groups is 2. The Morgan fingerprint density at radius 3 is 2.54 bits per heavy atom. The molecule has 0 radical (unpaired) electrons. The van der Waals surface area contributed by atoms with Crippen LogP contribution in [0.3, 0.4) is 0 Å². The molecule has 0 amide bonds.